The van der Waals surface area contributed by atoms with Crippen molar-refractivity contribution in [1.82, 2.24) is 4.90 Å². The zero-order valence-corrected chi connectivity index (χ0v) is 17.0. The van der Waals surface area contributed by atoms with Crippen LogP contribution in [0.25, 0.3) is 5.57 Å². The molecule has 30 heavy (non-hydrogen) atoms. The first-order valence-electron chi connectivity index (χ1n) is 8.96. The lowest BCUT2D eigenvalue weighted by atomic mass is 10.1. The molecule has 0 bridgehead atoms. The SMILES string of the molecule is O=C1C(Sc2ccc(Cl)cc2)=C(c2ccc(F)cc2)C(=O)N1Cc1ccc(F)cc1. The Labute approximate surface area is 181 Å². The fraction of sp³-hybridized carbons (Fsp3) is 0.0435. The minimum atomic E-state index is -0.479. The van der Waals surface area contributed by atoms with E-state index in [2.05, 4.69) is 0 Å². The molecule has 0 aliphatic carbocycles. The van der Waals surface area contributed by atoms with Gasteiger partial charge in [0.15, 0.2) is 0 Å². The maximum absolute atomic E-state index is 13.4. The van der Waals surface area contributed by atoms with Gasteiger partial charge >= 0.3 is 0 Å². The van der Waals surface area contributed by atoms with E-state index < -0.39 is 23.4 Å². The van der Waals surface area contributed by atoms with Crippen molar-refractivity contribution >= 4 is 40.8 Å². The maximum atomic E-state index is 13.4. The third-order valence-corrected chi connectivity index (χ3v) is 5.89. The number of amides is 2. The van der Waals surface area contributed by atoms with Crippen molar-refractivity contribution in [3.63, 3.8) is 0 Å². The Kier molecular flexibility index (Phi) is 5.70. The molecule has 0 unspecified atom stereocenters. The molecular weight excluding hydrogens is 428 g/mol. The lowest BCUT2D eigenvalue weighted by molar-refractivity contribution is -0.137. The van der Waals surface area contributed by atoms with E-state index in [0.717, 1.165) is 21.6 Å². The Morgan fingerprint density at radius 1 is 0.767 bits per heavy atom. The predicted octanol–water partition coefficient (Wildman–Crippen LogP) is 5.69. The summed E-state index contributed by atoms with van der Waals surface area (Å²) in [7, 11) is 0. The van der Waals surface area contributed by atoms with E-state index in [1.54, 1.807) is 24.3 Å². The fourth-order valence-corrected chi connectivity index (χ4v) is 4.19. The van der Waals surface area contributed by atoms with Crippen molar-refractivity contribution in [1.29, 1.82) is 0 Å². The van der Waals surface area contributed by atoms with Crippen LogP contribution in [0.2, 0.25) is 5.02 Å². The van der Waals surface area contributed by atoms with Gasteiger partial charge in [0.25, 0.3) is 11.8 Å². The number of halogens is 3. The summed E-state index contributed by atoms with van der Waals surface area (Å²) in [5.41, 5.74) is 1.28. The molecule has 3 aromatic rings. The minimum absolute atomic E-state index is 0.00726. The van der Waals surface area contributed by atoms with E-state index in [4.69, 9.17) is 11.6 Å². The molecule has 7 heteroatoms. The average molecular weight is 442 g/mol. The highest BCUT2D eigenvalue weighted by molar-refractivity contribution is 8.04. The summed E-state index contributed by atoms with van der Waals surface area (Å²) < 4.78 is 26.6. The number of thioether (sulfide) groups is 1. The second-order valence-electron chi connectivity index (χ2n) is 6.59. The Morgan fingerprint density at radius 3 is 1.93 bits per heavy atom. The van der Waals surface area contributed by atoms with E-state index >= 15 is 0 Å². The third-order valence-electron chi connectivity index (χ3n) is 4.55. The van der Waals surface area contributed by atoms with Gasteiger partial charge in [0.1, 0.15) is 11.6 Å². The van der Waals surface area contributed by atoms with Crippen LogP contribution in [0.5, 0.6) is 0 Å². The molecule has 0 saturated carbocycles. The van der Waals surface area contributed by atoms with Gasteiger partial charge in [-0.1, -0.05) is 47.6 Å². The molecule has 0 spiro atoms. The molecule has 150 valence electrons. The zero-order chi connectivity index (χ0) is 21.3. The second-order valence-corrected chi connectivity index (χ2v) is 8.11. The summed E-state index contributed by atoms with van der Waals surface area (Å²) in [6, 6.07) is 17.9. The zero-order valence-electron chi connectivity index (χ0n) is 15.4. The molecule has 0 aromatic heterocycles. The van der Waals surface area contributed by atoms with Crippen LogP contribution in [-0.4, -0.2) is 16.7 Å². The molecule has 1 heterocycles. The molecular formula is C23H14ClF2NO2S. The molecule has 4 rings (SSSR count). The third kappa shape index (κ3) is 4.15. The van der Waals surface area contributed by atoms with Gasteiger partial charge in [-0.25, -0.2) is 8.78 Å². The van der Waals surface area contributed by atoms with Crippen LogP contribution < -0.4 is 0 Å². The number of rotatable bonds is 5. The van der Waals surface area contributed by atoms with Crippen molar-refractivity contribution in [3.8, 4) is 0 Å². The second kappa shape index (κ2) is 8.42. The Balaban J connectivity index is 1.72. The van der Waals surface area contributed by atoms with Crippen molar-refractivity contribution in [2.45, 2.75) is 11.4 Å². The molecule has 3 aromatic carbocycles. The summed E-state index contributed by atoms with van der Waals surface area (Å²) in [6.07, 6.45) is 0. The number of benzene rings is 3. The monoisotopic (exact) mass is 441 g/mol. The molecule has 0 N–H and O–H groups in total. The lowest BCUT2D eigenvalue weighted by Gasteiger charge is -2.15. The van der Waals surface area contributed by atoms with Crippen LogP contribution in [0.15, 0.2) is 82.6 Å². The topological polar surface area (TPSA) is 37.4 Å². The number of hydrogen-bond acceptors (Lipinski definition) is 3. The van der Waals surface area contributed by atoms with E-state index in [9.17, 15) is 18.4 Å². The quantitative estimate of drug-likeness (QED) is 0.477. The number of carbonyl (C=O) groups is 2. The summed E-state index contributed by atoms with van der Waals surface area (Å²) in [5, 5.41) is 0.554. The lowest BCUT2D eigenvalue weighted by Crippen LogP contribution is -2.30. The number of hydrogen-bond donors (Lipinski definition) is 0. The highest BCUT2D eigenvalue weighted by Gasteiger charge is 2.39. The molecule has 2 amide bonds. The van der Waals surface area contributed by atoms with Crippen molar-refractivity contribution < 1.29 is 18.4 Å². The number of nitrogens with zero attached hydrogens (tertiary/aromatic N) is 1. The Morgan fingerprint density at radius 2 is 1.33 bits per heavy atom. The summed E-state index contributed by atoms with van der Waals surface area (Å²) >= 11 is 7.08. The van der Waals surface area contributed by atoms with Crippen molar-refractivity contribution in [2.24, 2.45) is 0 Å². The standard InChI is InChI=1S/C23H14ClF2NO2S/c24-16-5-11-19(12-6-16)30-21-20(15-3-9-18(26)10-4-15)22(28)27(23(21)29)13-14-1-7-17(25)8-2-14/h1-12H,13H2. The van der Waals surface area contributed by atoms with E-state index in [1.807, 2.05) is 0 Å². The fourth-order valence-electron chi connectivity index (χ4n) is 3.06. The Bertz CT molecular complexity index is 1140. The van der Waals surface area contributed by atoms with Crippen LogP contribution in [0.1, 0.15) is 11.1 Å². The first-order valence-corrected chi connectivity index (χ1v) is 10.2. The first-order chi connectivity index (χ1) is 14.4. The summed E-state index contributed by atoms with van der Waals surface area (Å²) in [6.45, 7) is 0.00726. The maximum Gasteiger partial charge on any atom is 0.268 e. The van der Waals surface area contributed by atoms with Gasteiger partial charge in [0.05, 0.1) is 17.0 Å². The minimum Gasteiger partial charge on any atom is -0.269 e. The summed E-state index contributed by atoms with van der Waals surface area (Å²) in [4.78, 5) is 28.4. The first kappa shape index (κ1) is 20.3. The summed E-state index contributed by atoms with van der Waals surface area (Å²) in [5.74, 6) is -1.77. The predicted molar refractivity (Wildman–Crippen MR) is 113 cm³/mol. The molecule has 1 aliphatic rings. The smallest absolute Gasteiger partial charge is 0.268 e. The van der Waals surface area contributed by atoms with E-state index in [-0.39, 0.29) is 17.0 Å². The normalized spacial score (nSPS) is 14.0. The number of carbonyl (C=O) groups excluding carboxylic acids is 2. The van der Waals surface area contributed by atoms with Crippen LogP contribution >= 0.6 is 23.4 Å². The highest BCUT2D eigenvalue weighted by Crippen LogP contribution is 2.40. The molecule has 0 saturated heterocycles. The van der Waals surface area contributed by atoms with Gasteiger partial charge in [-0.2, -0.15) is 0 Å². The molecule has 0 radical (unpaired) electrons. The molecule has 0 fully saturated rings. The Hall–Kier alpha value is -2.96. The average Bonchev–Trinajstić information content (AvgIpc) is 2.96. The number of imide groups is 1. The molecule has 3 nitrogen and oxygen atoms in total. The van der Waals surface area contributed by atoms with Gasteiger partial charge in [0.2, 0.25) is 0 Å². The largest absolute Gasteiger partial charge is 0.269 e. The van der Waals surface area contributed by atoms with Crippen LogP contribution in [0.4, 0.5) is 8.78 Å². The molecule has 1 aliphatic heterocycles. The van der Waals surface area contributed by atoms with Crippen LogP contribution in [-0.2, 0) is 16.1 Å². The van der Waals surface area contributed by atoms with Gasteiger partial charge < -0.3 is 0 Å². The van der Waals surface area contributed by atoms with Crippen molar-refractivity contribution in [2.75, 3.05) is 0 Å². The van der Waals surface area contributed by atoms with E-state index in [1.165, 1.54) is 48.5 Å². The van der Waals surface area contributed by atoms with Gasteiger partial charge in [-0.3, -0.25) is 14.5 Å². The highest BCUT2D eigenvalue weighted by atomic mass is 35.5. The van der Waals surface area contributed by atoms with Gasteiger partial charge in [-0.15, -0.1) is 0 Å². The van der Waals surface area contributed by atoms with Crippen LogP contribution in [0, 0.1) is 11.6 Å². The van der Waals surface area contributed by atoms with Gasteiger partial charge in [-0.05, 0) is 59.7 Å². The van der Waals surface area contributed by atoms with Crippen molar-refractivity contribution in [3.05, 3.63) is 105 Å². The van der Waals surface area contributed by atoms with Gasteiger partial charge in [0, 0.05) is 9.92 Å². The molecule has 0 atom stereocenters. The van der Waals surface area contributed by atoms with E-state index in [0.29, 0.717) is 16.1 Å². The van der Waals surface area contributed by atoms with Crippen LogP contribution in [0.3, 0.4) is 0 Å².